The molecule has 2 aliphatic heterocycles. The van der Waals surface area contributed by atoms with E-state index in [0.717, 1.165) is 33.2 Å². The minimum Gasteiger partial charge on any atom is -0.466 e. The number of thiocarbonyl (C=S) groups is 2. The maximum Gasteiger partial charge on any atom is 0.524 e. The van der Waals surface area contributed by atoms with Crippen molar-refractivity contribution in [3.8, 4) is 11.5 Å². The lowest BCUT2D eigenvalue weighted by molar-refractivity contribution is -0.134. The highest BCUT2D eigenvalue weighted by molar-refractivity contribution is 7.80. The van der Waals surface area contributed by atoms with Crippen molar-refractivity contribution in [2.45, 2.75) is 130 Å². The minimum atomic E-state index is -4.98. The third-order valence-electron chi connectivity index (χ3n) is 20.4. The van der Waals surface area contributed by atoms with Gasteiger partial charge in [-0.2, -0.15) is 0 Å². The van der Waals surface area contributed by atoms with Gasteiger partial charge in [0.15, 0.2) is 17.3 Å². The van der Waals surface area contributed by atoms with Crippen molar-refractivity contribution in [1.82, 2.24) is 35.7 Å². The van der Waals surface area contributed by atoms with E-state index in [2.05, 4.69) is 31.2 Å². The Morgan fingerprint density at radius 1 is 0.745 bits per heavy atom. The number of benzene rings is 3. The van der Waals surface area contributed by atoms with Gasteiger partial charge in [0.25, 0.3) is 10.3 Å². The van der Waals surface area contributed by atoms with Crippen molar-refractivity contribution in [2.75, 3.05) is 80.2 Å². The van der Waals surface area contributed by atoms with Crippen LogP contribution in [0.4, 0.5) is 21.9 Å². The zero-order valence-electron chi connectivity index (χ0n) is 56.2. The number of urea groups is 1. The number of primary amides is 1. The number of H-pyrrole nitrogens is 2. The molecule has 8 atom stereocenters. The molecular weight excluding hydrogens is 1360 g/mol. The molecule has 4 heterocycles. The number of rotatable bonds is 31. The van der Waals surface area contributed by atoms with Crippen LogP contribution in [0.5, 0.6) is 11.5 Å². The number of aromatic nitrogens is 2. The van der Waals surface area contributed by atoms with Gasteiger partial charge in [0.1, 0.15) is 12.4 Å². The van der Waals surface area contributed by atoms with Crippen molar-refractivity contribution in [2.24, 2.45) is 39.7 Å². The first-order valence-electron chi connectivity index (χ1n) is 33.0. The van der Waals surface area contributed by atoms with E-state index in [-0.39, 0.29) is 114 Å². The molecular formula is C68H86Cl2N11O14PS2. The highest BCUT2D eigenvalue weighted by Gasteiger charge is 3.01. The van der Waals surface area contributed by atoms with Crippen LogP contribution in [0.15, 0.2) is 48.8 Å². The Morgan fingerprint density at radius 3 is 1.80 bits per heavy atom. The quantitative estimate of drug-likeness (QED) is 0.00864. The smallest absolute Gasteiger partial charge is 0.466 e. The average Bonchev–Trinajstić information content (AvgIpc) is 1.40. The monoisotopic (exact) mass is 1450 g/mol. The second-order valence-electron chi connectivity index (χ2n) is 27.5. The summed E-state index contributed by atoms with van der Waals surface area (Å²) in [4.78, 5) is 140. The molecule has 10 rings (SSSR count). The van der Waals surface area contributed by atoms with Crippen LogP contribution >= 0.6 is 55.5 Å². The van der Waals surface area contributed by atoms with Crippen LogP contribution in [0.1, 0.15) is 132 Å². The normalized spacial score (nSPS) is 20.9. The first-order valence-corrected chi connectivity index (χ1v) is 36.4. The van der Waals surface area contributed by atoms with E-state index >= 15 is 4.79 Å². The topological polar surface area (TPSA) is 340 Å². The summed E-state index contributed by atoms with van der Waals surface area (Å²) in [5, 5.41) is 13.0. The van der Waals surface area contributed by atoms with E-state index in [1.807, 2.05) is 31.0 Å². The molecule has 528 valence electrons. The summed E-state index contributed by atoms with van der Waals surface area (Å²) < 4.78 is 29.9. The Bertz CT molecular complexity index is 4070. The predicted octanol–water partition coefficient (Wildman–Crippen LogP) is 8.98. The molecule has 98 heavy (non-hydrogen) atoms. The van der Waals surface area contributed by atoms with Crippen LogP contribution in [-0.4, -0.2) is 158 Å². The number of phosphoric acid groups is 1. The van der Waals surface area contributed by atoms with Gasteiger partial charge in [0, 0.05) is 155 Å². The number of alkyl halides is 2. The number of hydrogen-bond acceptors (Lipinski definition) is 14. The predicted molar refractivity (Wildman–Crippen MR) is 380 cm³/mol. The van der Waals surface area contributed by atoms with Gasteiger partial charge in [-0.25, -0.2) is 9.36 Å². The summed E-state index contributed by atoms with van der Waals surface area (Å²) in [6.45, 7) is 12.3. The number of ether oxygens (including phenoxy) is 2. The molecule has 5 aromatic rings. The Balaban J connectivity index is 0.732. The molecule has 3 aliphatic carbocycles. The number of anilines is 3. The maximum absolute atomic E-state index is 15.2. The maximum atomic E-state index is 15.2. The Kier molecular flexibility index (Phi) is 22.0. The summed E-state index contributed by atoms with van der Waals surface area (Å²) in [7, 11) is -1.40. The van der Waals surface area contributed by atoms with E-state index < -0.39 is 59.8 Å². The molecule has 30 heteroatoms. The number of nitrogens with zero attached hydrogens (tertiary/aromatic N) is 4. The number of halogens is 2. The summed E-state index contributed by atoms with van der Waals surface area (Å²) in [5.74, 6) is -3.30. The van der Waals surface area contributed by atoms with E-state index in [1.165, 1.54) is 19.9 Å². The summed E-state index contributed by atoms with van der Waals surface area (Å²) >= 11 is 24.9. The molecule has 0 radical (unpaired) electrons. The fourth-order valence-corrected chi connectivity index (χ4v) is 16.5. The fourth-order valence-electron chi connectivity index (χ4n) is 15.3. The number of unbranched alkanes of at least 4 members (excludes halogenated alkanes) is 1. The third kappa shape index (κ3) is 14.8. The highest BCUT2D eigenvalue weighted by Crippen LogP contribution is 3.01. The van der Waals surface area contributed by atoms with Crippen LogP contribution in [0.3, 0.4) is 0 Å². The van der Waals surface area contributed by atoms with Gasteiger partial charge in [-0.1, -0.05) is 32.4 Å². The second kappa shape index (κ2) is 29.4. The van der Waals surface area contributed by atoms with Crippen LogP contribution in [0.2, 0.25) is 0 Å². The van der Waals surface area contributed by atoms with Crippen molar-refractivity contribution >= 4 is 152 Å². The molecule has 10 N–H and O–H groups in total. The molecule has 5 aliphatic rings. The van der Waals surface area contributed by atoms with Gasteiger partial charge in [0.2, 0.25) is 29.5 Å². The zero-order chi connectivity index (χ0) is 71.1. The standard InChI is InChI=1S/C68H86Cl2N11O14PS2/c1-36(2)56(77-60(86)42(22-39(5)82)12-9-10-18-72-40(6)83)49(84)23-43(13-11-19-73-63(71)89)59(85)76-46-16-14-41(15-17-46)32-93-64(97)78(7)20-21-79(8)65(98)94-50-24-47-54(52-37(3)28-74-57(50)52)44(26-69)30-80(47)61(87)66-33-67(35-68(66,67)34-66)62(88)81-31-45(27-70)55-48(81)25-51(95-96(90,91)92)58-53(55)38(4)29-75-58/h14-17,24-25,28-29,36,42-45,56,74-75H,9-13,18-23,26-27,30-35H2,1-8H3,(H,72,83)(H,76,85)(H,77,86)(H3,71,73,89)(H2,90,91,92)/t42-,43-,44-,45-,56+,66?,67?,68?/m1/s1. The summed E-state index contributed by atoms with van der Waals surface area (Å²) in [6.07, 6.45) is 6.95. The molecule has 3 unspecified atom stereocenters. The molecule has 0 saturated heterocycles. The number of Topliss-reactive ketones (excluding diaryl/α,β-unsaturated/α-hetero) is 2. The van der Waals surface area contributed by atoms with Gasteiger partial charge in [-0.15, -0.1) is 23.2 Å². The number of carbonyl (C=O) groups excluding carboxylic acids is 8. The number of fused-ring (bicyclic) bond motifs is 6. The van der Waals surface area contributed by atoms with Crippen LogP contribution < -0.4 is 46.1 Å². The number of aryl methyl sites for hydroxylation is 2. The zero-order valence-corrected chi connectivity index (χ0v) is 60.2. The lowest BCUT2D eigenvalue weighted by Gasteiger charge is -2.37. The highest BCUT2D eigenvalue weighted by atomic mass is 35.5. The van der Waals surface area contributed by atoms with E-state index in [0.29, 0.717) is 110 Å². The number of ketones is 2. The SMILES string of the molecule is CC(=O)C[C@@H](CCCCNC(C)=O)C(=O)N[C@H](C(=O)C[C@@H](CCCNC(N)=O)C(=O)Nc1ccc(COC(=S)N(C)CCN(C)C(=S)Oc2cc3c(c4c(C)c[nH]c24)[C@H](CCl)CN3C(=O)C23CC4(C(=O)N5C[C@@H](CCl)c6c5cc(OP(=O)(O)O)c5[nH]cc(C)c65)CC24C3)cc1)C(C)C. The molecule has 3 saturated carbocycles. The number of likely N-dealkylation sites (N-methyl/N-ethyl adjacent to an activating group) is 2. The first kappa shape index (κ1) is 73.3. The summed E-state index contributed by atoms with van der Waals surface area (Å²) in [5.41, 5.74) is 10.2. The van der Waals surface area contributed by atoms with Crippen molar-refractivity contribution < 1.29 is 66.7 Å². The van der Waals surface area contributed by atoms with Crippen LogP contribution in [0.25, 0.3) is 21.8 Å². The van der Waals surface area contributed by atoms with Gasteiger partial charge < -0.3 is 75.4 Å². The molecule has 25 nitrogen and oxygen atoms in total. The van der Waals surface area contributed by atoms with E-state index in [4.69, 9.17) is 67.4 Å². The fraction of sp³-hybridized carbons (Fsp3) is 0.529. The number of hydrogen-bond donors (Lipinski definition) is 9. The molecule has 2 aromatic heterocycles. The Morgan fingerprint density at radius 2 is 1.28 bits per heavy atom. The summed E-state index contributed by atoms with van der Waals surface area (Å²) in [6, 6.07) is 8.63. The molecule has 3 aromatic carbocycles. The Labute approximate surface area is 589 Å². The first-order chi connectivity index (χ1) is 46.4. The van der Waals surface area contributed by atoms with Gasteiger partial charge in [-0.3, -0.25) is 38.6 Å². The van der Waals surface area contributed by atoms with E-state index in [1.54, 1.807) is 73.1 Å². The largest absolute Gasteiger partial charge is 0.524 e. The number of nitrogens with two attached hydrogens (primary N) is 1. The second-order valence-corrected chi connectivity index (χ2v) is 30.0. The van der Waals surface area contributed by atoms with Gasteiger partial charge >= 0.3 is 13.9 Å². The molecule has 0 bridgehead atoms. The minimum absolute atomic E-state index is 0.00612. The number of amides is 7. The van der Waals surface area contributed by atoms with Gasteiger partial charge in [-0.05, 0) is 136 Å². The lowest BCUT2D eigenvalue weighted by atomic mass is 9.72. The van der Waals surface area contributed by atoms with Crippen molar-refractivity contribution in [1.29, 1.82) is 0 Å². The lowest BCUT2D eigenvalue weighted by Crippen LogP contribution is -2.49. The van der Waals surface area contributed by atoms with E-state index in [9.17, 15) is 47.9 Å². The van der Waals surface area contributed by atoms with Crippen LogP contribution in [-0.2, 0) is 49.5 Å². The number of phosphoric ester groups is 1. The number of carbonyl (C=O) groups is 8. The van der Waals surface area contributed by atoms with Crippen molar-refractivity contribution in [3.63, 3.8) is 0 Å². The third-order valence-corrected chi connectivity index (χ3v) is 22.4. The molecule has 3 fully saturated rings. The Hall–Kier alpha value is -7.39. The van der Waals surface area contributed by atoms with Gasteiger partial charge in [0.05, 0.1) is 39.3 Å². The number of nitrogens with one attached hydrogen (secondary N) is 6. The number of aromatic amines is 2. The van der Waals surface area contributed by atoms with Crippen molar-refractivity contribution in [3.05, 3.63) is 76.6 Å². The molecule has 7 amide bonds. The van der Waals surface area contributed by atoms with Crippen LogP contribution in [0, 0.1) is 47.8 Å². The molecule has 1 spiro atoms. The average molecular weight is 1450 g/mol.